The number of carbonyl (C=O) groups is 1. The van der Waals surface area contributed by atoms with E-state index in [1.54, 1.807) is 12.1 Å². The number of hydrogen-bond donors (Lipinski definition) is 2. The predicted molar refractivity (Wildman–Crippen MR) is 141 cm³/mol. The van der Waals surface area contributed by atoms with Crippen molar-refractivity contribution >= 4 is 23.2 Å². The average Bonchev–Trinajstić information content (AvgIpc) is 3.42. The number of nitrogens with one attached hydrogen (secondary N) is 2. The van der Waals surface area contributed by atoms with E-state index >= 15 is 0 Å². The normalized spacial score (nSPS) is 14.9. The Labute approximate surface area is 234 Å². The average molecular weight is 539 g/mol. The van der Waals surface area contributed by atoms with Crippen molar-refractivity contribution in [3.05, 3.63) is 108 Å². The van der Waals surface area contributed by atoms with Crippen LogP contribution >= 0.6 is 0 Å². The Morgan fingerprint density at radius 1 is 1.10 bits per heavy atom. The van der Waals surface area contributed by atoms with Crippen molar-refractivity contribution < 1.29 is 30.3 Å². The Bertz CT molecular complexity index is 2070. The van der Waals surface area contributed by atoms with Crippen molar-refractivity contribution in [2.45, 2.75) is 20.0 Å². The van der Waals surface area contributed by atoms with Crippen molar-refractivity contribution in [3.63, 3.8) is 0 Å². The monoisotopic (exact) mass is 538 g/mol. The fraction of sp³-hybridized carbons (Fsp3) is 0.107. The number of imidazole rings is 1. The fourth-order valence-corrected chi connectivity index (χ4v) is 3.33. The highest BCUT2D eigenvalue weighted by Crippen LogP contribution is 2.33. The molecule has 11 heteroatoms. The first-order valence-electron chi connectivity index (χ1n) is 15.6. The third-order valence-electron chi connectivity index (χ3n) is 5.12. The standard InChI is InChI=1S/C28H22F3N7O/c1-17-5-6-19(10-25(17)37-27-33-9-7-24(36-27)20-4-3-8-32-14-20)26(39)35-22-11-21(28(29,30)31)12-23(13-22)38-15-18(2)34-16-38/h3-16H,1-2H3,(H,35,39)(H,33,36,37)/i1D3,5D,6D,10D,11D,12D,13D. The number of rotatable bonds is 6. The summed E-state index contributed by atoms with van der Waals surface area (Å²) in [5, 5.41) is 4.52. The zero-order chi connectivity index (χ0) is 35.3. The highest BCUT2D eigenvalue weighted by Gasteiger charge is 2.31. The summed E-state index contributed by atoms with van der Waals surface area (Å²) in [5.41, 5.74) is -4.70. The van der Waals surface area contributed by atoms with Gasteiger partial charge in [0, 0.05) is 57.1 Å². The molecule has 5 aromatic rings. The molecule has 2 N–H and O–H groups in total. The number of nitrogens with zero attached hydrogens (tertiary/aromatic N) is 5. The summed E-state index contributed by atoms with van der Waals surface area (Å²) in [5.74, 6) is -1.76. The van der Waals surface area contributed by atoms with E-state index in [4.69, 9.17) is 12.3 Å². The Kier molecular flexibility index (Phi) is 4.44. The van der Waals surface area contributed by atoms with Crippen molar-refractivity contribution in [3.8, 4) is 16.9 Å². The Balaban J connectivity index is 1.67. The first kappa shape index (κ1) is 16.7. The van der Waals surface area contributed by atoms with Crippen LogP contribution in [-0.4, -0.2) is 30.4 Å². The molecule has 3 heterocycles. The molecule has 0 saturated heterocycles. The van der Waals surface area contributed by atoms with Gasteiger partial charge in [-0.1, -0.05) is 6.04 Å². The number of alkyl halides is 3. The summed E-state index contributed by atoms with van der Waals surface area (Å²) in [7, 11) is 0. The quantitative estimate of drug-likeness (QED) is 0.261. The molecular formula is C28H22F3N7O. The van der Waals surface area contributed by atoms with Gasteiger partial charge in [-0.3, -0.25) is 9.78 Å². The molecule has 0 atom stereocenters. The predicted octanol–water partition coefficient (Wildman–Crippen LogP) is 6.36. The van der Waals surface area contributed by atoms with Gasteiger partial charge in [-0.2, -0.15) is 13.2 Å². The third kappa shape index (κ3) is 5.93. The molecule has 2 aromatic carbocycles. The highest BCUT2D eigenvalue weighted by molar-refractivity contribution is 6.05. The molecule has 1 amide bonds. The van der Waals surface area contributed by atoms with Gasteiger partial charge in [0.25, 0.3) is 5.91 Å². The third-order valence-corrected chi connectivity index (χ3v) is 5.12. The highest BCUT2D eigenvalue weighted by atomic mass is 19.4. The maximum absolute atomic E-state index is 14.1. The molecule has 196 valence electrons. The lowest BCUT2D eigenvalue weighted by Crippen LogP contribution is -2.14. The Hall–Kier alpha value is -5.06. The number of pyridine rings is 1. The molecule has 3 aromatic heterocycles. The second-order valence-electron chi connectivity index (χ2n) is 7.98. The molecule has 0 saturated carbocycles. The zero-order valence-corrected chi connectivity index (χ0v) is 19.9. The van der Waals surface area contributed by atoms with Crippen molar-refractivity contribution in [2.24, 2.45) is 0 Å². The van der Waals surface area contributed by atoms with Crippen LogP contribution < -0.4 is 10.6 Å². The molecule has 0 radical (unpaired) electrons. The van der Waals surface area contributed by atoms with E-state index in [-0.39, 0.29) is 5.95 Å². The largest absolute Gasteiger partial charge is 0.416 e. The van der Waals surface area contributed by atoms with E-state index in [0.717, 1.165) is 10.9 Å². The van der Waals surface area contributed by atoms with E-state index in [2.05, 4.69) is 25.3 Å². The van der Waals surface area contributed by atoms with Crippen LogP contribution in [0.3, 0.4) is 0 Å². The molecule has 0 spiro atoms. The summed E-state index contributed by atoms with van der Waals surface area (Å²) in [6.45, 7) is -1.60. The molecular weight excluding hydrogens is 507 g/mol. The number of benzene rings is 2. The van der Waals surface area contributed by atoms with E-state index in [9.17, 15) is 18.0 Å². The Morgan fingerprint density at radius 2 is 1.97 bits per heavy atom. The maximum Gasteiger partial charge on any atom is 0.416 e. The van der Waals surface area contributed by atoms with Gasteiger partial charge >= 0.3 is 6.18 Å². The molecule has 0 aliphatic heterocycles. The summed E-state index contributed by atoms with van der Waals surface area (Å²) in [6, 6.07) is -1.73. The molecule has 8 nitrogen and oxygen atoms in total. The number of aromatic nitrogens is 5. The number of halogens is 3. The minimum absolute atomic E-state index is 0.262. The molecule has 0 aliphatic rings. The number of carbonyl (C=O) groups excluding carboxylic acids is 1. The minimum Gasteiger partial charge on any atom is -0.324 e. The first-order chi connectivity index (χ1) is 22.4. The second kappa shape index (κ2) is 10.4. The molecule has 5 rings (SSSR count). The van der Waals surface area contributed by atoms with E-state index < -0.39 is 88.9 Å². The van der Waals surface area contributed by atoms with Crippen molar-refractivity contribution in [1.29, 1.82) is 0 Å². The van der Waals surface area contributed by atoms with Gasteiger partial charge < -0.3 is 15.2 Å². The van der Waals surface area contributed by atoms with Crippen LogP contribution in [-0.2, 0) is 6.18 Å². The fourth-order valence-electron chi connectivity index (χ4n) is 3.33. The van der Waals surface area contributed by atoms with Gasteiger partial charge in [-0.05, 0) is 67.8 Å². The van der Waals surface area contributed by atoms with Crippen LogP contribution in [0.4, 0.5) is 30.5 Å². The van der Waals surface area contributed by atoms with Gasteiger partial charge in [0.2, 0.25) is 5.95 Å². The van der Waals surface area contributed by atoms with E-state index in [0.29, 0.717) is 17.0 Å². The first-order valence-corrected chi connectivity index (χ1v) is 11.1. The van der Waals surface area contributed by atoms with Crippen LogP contribution in [0.5, 0.6) is 0 Å². The van der Waals surface area contributed by atoms with Crippen LogP contribution in [0, 0.1) is 13.8 Å². The topological polar surface area (TPSA) is 97.6 Å². The van der Waals surface area contributed by atoms with Gasteiger partial charge in [0.05, 0.1) is 31.5 Å². The second-order valence-corrected chi connectivity index (χ2v) is 7.98. The van der Waals surface area contributed by atoms with Gasteiger partial charge in [-0.25, -0.2) is 15.0 Å². The van der Waals surface area contributed by atoms with Crippen molar-refractivity contribution in [1.82, 2.24) is 24.5 Å². The summed E-state index contributed by atoms with van der Waals surface area (Å²) < 4.78 is 118. The van der Waals surface area contributed by atoms with Crippen molar-refractivity contribution in [2.75, 3.05) is 10.6 Å². The lowest BCUT2D eigenvalue weighted by Gasteiger charge is -2.14. The summed E-state index contributed by atoms with van der Waals surface area (Å²) in [6.07, 6.45) is 1.33. The van der Waals surface area contributed by atoms with Gasteiger partial charge in [0.15, 0.2) is 0 Å². The molecule has 0 aliphatic carbocycles. The number of anilines is 3. The lowest BCUT2D eigenvalue weighted by atomic mass is 10.1. The van der Waals surface area contributed by atoms with Crippen LogP contribution in [0.15, 0.2) is 85.6 Å². The smallest absolute Gasteiger partial charge is 0.324 e. The van der Waals surface area contributed by atoms with Crippen LogP contribution in [0.2, 0.25) is 0 Å². The van der Waals surface area contributed by atoms with Gasteiger partial charge in [0.1, 0.15) is 0 Å². The number of aryl methyl sites for hydroxylation is 1. The Morgan fingerprint density at radius 3 is 2.69 bits per heavy atom. The summed E-state index contributed by atoms with van der Waals surface area (Å²) in [4.78, 5) is 29.9. The number of hydrogen-bond acceptors (Lipinski definition) is 6. The zero-order valence-electron chi connectivity index (χ0n) is 28.9. The maximum atomic E-state index is 14.1. The van der Waals surface area contributed by atoms with Crippen LogP contribution in [0.1, 0.15) is 39.5 Å². The van der Waals surface area contributed by atoms with E-state index in [1.165, 1.54) is 37.8 Å². The molecule has 39 heavy (non-hydrogen) atoms. The molecule has 0 unspecified atom stereocenters. The molecule has 0 fully saturated rings. The van der Waals surface area contributed by atoms with E-state index in [1.807, 2.05) is 5.32 Å². The SMILES string of the molecule is [2H]c1c([2H])c(C([2H])([2H])[2H])c(Nc2nccc(-c3cccnc3)n2)c([2H])c1C(=O)Nc1c([2H])c(-n2cnc(C)c2)c([2H])c(C(F)(F)F)c1[2H]. The van der Waals surface area contributed by atoms with Gasteiger partial charge in [-0.15, -0.1) is 0 Å². The molecule has 0 bridgehead atoms. The number of amides is 1. The summed E-state index contributed by atoms with van der Waals surface area (Å²) >= 11 is 0. The minimum atomic E-state index is -5.27. The van der Waals surface area contributed by atoms with Crippen LogP contribution in [0.25, 0.3) is 16.9 Å². The lowest BCUT2D eigenvalue weighted by molar-refractivity contribution is -0.137.